The third kappa shape index (κ3) is 5.03. The highest BCUT2D eigenvalue weighted by molar-refractivity contribution is 6.37. The monoisotopic (exact) mass is 722 g/mol. The number of hydrogen-bond donors (Lipinski definition) is 0. The van der Waals surface area contributed by atoms with Gasteiger partial charge >= 0.3 is 0 Å². The summed E-state index contributed by atoms with van der Waals surface area (Å²) in [5.74, 6) is -0.727. The summed E-state index contributed by atoms with van der Waals surface area (Å²) in [5.41, 5.74) is 13.4. The van der Waals surface area contributed by atoms with Crippen LogP contribution in [-0.4, -0.2) is 26.3 Å². The van der Waals surface area contributed by atoms with Gasteiger partial charge in [-0.2, -0.15) is 0 Å². The van der Waals surface area contributed by atoms with Crippen molar-refractivity contribution in [2.24, 2.45) is 0 Å². The van der Waals surface area contributed by atoms with E-state index >= 15 is 4.79 Å². The number of aromatic nitrogens is 3. The fourth-order valence-corrected chi connectivity index (χ4v) is 8.48. The molecule has 10 rings (SSSR count). The van der Waals surface area contributed by atoms with Crippen LogP contribution in [0.5, 0.6) is 0 Å². The zero-order chi connectivity index (χ0) is 37.9. The van der Waals surface area contributed by atoms with E-state index in [-0.39, 0.29) is 11.8 Å². The fourth-order valence-electron chi connectivity index (χ4n) is 8.48. The maximum Gasteiger partial charge on any atom is 0.268 e. The smallest absolute Gasteiger partial charge is 0.268 e. The van der Waals surface area contributed by atoms with E-state index in [2.05, 4.69) is 64.8 Å². The van der Waals surface area contributed by atoms with E-state index in [1.54, 1.807) is 6.07 Å². The van der Waals surface area contributed by atoms with Gasteiger partial charge < -0.3 is 4.57 Å². The predicted molar refractivity (Wildman–Crippen MR) is 225 cm³/mol. The first-order chi connectivity index (χ1) is 27.5. The van der Waals surface area contributed by atoms with Crippen molar-refractivity contribution in [2.75, 3.05) is 4.90 Å². The Morgan fingerprint density at radius 3 is 1.41 bits per heavy atom. The quantitative estimate of drug-likeness (QED) is 0.160. The first-order valence-corrected chi connectivity index (χ1v) is 18.7. The van der Waals surface area contributed by atoms with E-state index in [1.165, 1.54) is 4.90 Å². The fraction of sp³-hybridized carbons (Fsp3) is 0.0400. The zero-order valence-corrected chi connectivity index (χ0v) is 30.8. The van der Waals surface area contributed by atoms with Gasteiger partial charge in [0.05, 0.1) is 33.5 Å². The van der Waals surface area contributed by atoms with Gasteiger partial charge in [0.15, 0.2) is 0 Å². The maximum atomic E-state index is 15.5. The van der Waals surface area contributed by atoms with Gasteiger partial charge in [0.2, 0.25) is 0 Å². The summed E-state index contributed by atoms with van der Waals surface area (Å²) in [6.07, 6.45) is 7.38. The van der Waals surface area contributed by atoms with Crippen LogP contribution in [0, 0.1) is 13.8 Å². The molecule has 3 aromatic heterocycles. The van der Waals surface area contributed by atoms with Crippen molar-refractivity contribution >= 4 is 39.3 Å². The summed E-state index contributed by atoms with van der Waals surface area (Å²) >= 11 is 0. The second-order valence-corrected chi connectivity index (χ2v) is 14.2. The van der Waals surface area contributed by atoms with E-state index < -0.39 is 0 Å². The van der Waals surface area contributed by atoms with E-state index in [4.69, 9.17) is 0 Å². The molecule has 1 aliphatic rings. The minimum absolute atomic E-state index is 0.358. The Bertz CT molecular complexity index is 2880. The van der Waals surface area contributed by atoms with Crippen LogP contribution in [0.4, 0.5) is 5.69 Å². The van der Waals surface area contributed by atoms with Crippen molar-refractivity contribution in [3.63, 3.8) is 0 Å². The van der Waals surface area contributed by atoms with Crippen LogP contribution in [0.3, 0.4) is 0 Å². The van der Waals surface area contributed by atoms with Gasteiger partial charge in [-0.1, -0.05) is 121 Å². The molecule has 0 radical (unpaired) electrons. The molecule has 0 atom stereocenters. The lowest BCUT2D eigenvalue weighted by Gasteiger charge is -2.23. The molecule has 6 heteroatoms. The van der Waals surface area contributed by atoms with Gasteiger partial charge in [0.1, 0.15) is 0 Å². The Labute approximate surface area is 324 Å². The molecule has 1 aliphatic heterocycles. The molecular formula is C50H34N4O2. The third-order valence-electron chi connectivity index (χ3n) is 11.0. The Morgan fingerprint density at radius 2 is 0.893 bits per heavy atom. The lowest BCUT2D eigenvalue weighted by Crippen LogP contribution is -2.30. The summed E-state index contributed by atoms with van der Waals surface area (Å²) in [7, 11) is 0. The Morgan fingerprint density at radius 1 is 0.429 bits per heavy atom. The summed E-state index contributed by atoms with van der Waals surface area (Å²) < 4.78 is 2.21. The number of amides is 2. The van der Waals surface area contributed by atoms with Crippen LogP contribution >= 0.6 is 0 Å². The molecule has 0 fully saturated rings. The normalized spacial score (nSPS) is 12.5. The molecule has 0 spiro atoms. The SMILES string of the molecule is Cc1cnccc1-c1cccc2c3cccc(-c4ccncc4C)c3n(-c3cccc4c3C(=O)N(c3c(-c5ccccc5)cccc3-c3ccccc3)C4=O)c12. The second kappa shape index (κ2) is 13.1. The molecule has 2 amide bonds. The highest BCUT2D eigenvalue weighted by atomic mass is 16.2. The number of aryl methyl sites for hydroxylation is 2. The van der Waals surface area contributed by atoms with Gasteiger partial charge in [0, 0.05) is 57.8 Å². The van der Waals surface area contributed by atoms with Gasteiger partial charge in [-0.15, -0.1) is 0 Å². The number of benzene rings is 6. The molecule has 0 unspecified atom stereocenters. The summed E-state index contributed by atoms with van der Waals surface area (Å²) in [6.45, 7) is 4.13. The van der Waals surface area contributed by atoms with E-state index in [0.717, 1.165) is 77.4 Å². The Balaban J connectivity index is 1.29. The molecule has 56 heavy (non-hydrogen) atoms. The highest BCUT2D eigenvalue weighted by Crippen LogP contribution is 2.47. The van der Waals surface area contributed by atoms with Gasteiger partial charge in [-0.25, -0.2) is 4.90 Å². The van der Waals surface area contributed by atoms with Crippen LogP contribution in [0.15, 0.2) is 170 Å². The van der Waals surface area contributed by atoms with Crippen LogP contribution < -0.4 is 4.90 Å². The van der Waals surface area contributed by atoms with Crippen molar-refractivity contribution in [2.45, 2.75) is 13.8 Å². The molecule has 0 saturated heterocycles. The van der Waals surface area contributed by atoms with E-state index in [1.807, 2.05) is 128 Å². The van der Waals surface area contributed by atoms with Crippen molar-refractivity contribution in [1.82, 2.24) is 14.5 Å². The Kier molecular flexibility index (Phi) is 7.78. The molecule has 0 N–H and O–H groups in total. The molecule has 9 aromatic rings. The zero-order valence-electron chi connectivity index (χ0n) is 30.8. The maximum absolute atomic E-state index is 15.5. The van der Waals surface area contributed by atoms with Crippen LogP contribution in [0.2, 0.25) is 0 Å². The third-order valence-corrected chi connectivity index (χ3v) is 11.0. The number of para-hydroxylation sites is 3. The summed E-state index contributed by atoms with van der Waals surface area (Å²) in [4.78, 5) is 40.6. The molecule has 266 valence electrons. The molecule has 4 heterocycles. The first kappa shape index (κ1) is 33.2. The molecule has 0 bridgehead atoms. The molecule has 0 saturated carbocycles. The minimum Gasteiger partial charge on any atom is -0.307 e. The van der Waals surface area contributed by atoms with E-state index in [0.29, 0.717) is 22.5 Å². The lowest BCUT2D eigenvalue weighted by atomic mass is 9.95. The topological polar surface area (TPSA) is 68.1 Å². The van der Waals surface area contributed by atoms with Crippen molar-refractivity contribution in [1.29, 1.82) is 0 Å². The number of carbonyl (C=O) groups excluding carboxylic acids is 2. The van der Waals surface area contributed by atoms with Gasteiger partial charge in [-0.05, 0) is 71.5 Å². The van der Waals surface area contributed by atoms with E-state index in [9.17, 15) is 4.79 Å². The van der Waals surface area contributed by atoms with Crippen LogP contribution in [-0.2, 0) is 0 Å². The Hall–Kier alpha value is -7.44. The molecule has 6 nitrogen and oxygen atoms in total. The average molecular weight is 723 g/mol. The number of carbonyl (C=O) groups is 2. The molecule has 0 aliphatic carbocycles. The standard InChI is InChI=1S/C50H34N4O2/c1-31-29-51-27-25-35(31)39-19-10-21-41-42-22-11-20-40(36-26-28-52-30-32(36)2)48(42)53(47(39)41)44-24-12-23-43-45(44)50(56)54(49(43)55)46-37(33-13-5-3-6-14-33)17-9-18-38(46)34-15-7-4-8-16-34/h3-30H,1-2H3. The molecular weight excluding hydrogens is 689 g/mol. The average Bonchev–Trinajstić information content (AvgIpc) is 3.72. The summed E-state index contributed by atoms with van der Waals surface area (Å²) in [5, 5.41) is 2.07. The number of nitrogens with zero attached hydrogens (tertiary/aromatic N) is 4. The summed E-state index contributed by atoms with van der Waals surface area (Å²) in [6, 6.07) is 48.3. The second-order valence-electron chi connectivity index (χ2n) is 14.2. The van der Waals surface area contributed by atoms with Crippen LogP contribution in [0.25, 0.3) is 72.0 Å². The largest absolute Gasteiger partial charge is 0.307 e. The van der Waals surface area contributed by atoms with Crippen molar-refractivity contribution in [3.8, 4) is 50.2 Å². The number of imide groups is 1. The van der Waals surface area contributed by atoms with Crippen LogP contribution in [0.1, 0.15) is 31.8 Å². The predicted octanol–water partition coefficient (Wildman–Crippen LogP) is 11.7. The lowest BCUT2D eigenvalue weighted by molar-refractivity contribution is 0.0926. The number of hydrogen-bond acceptors (Lipinski definition) is 4. The van der Waals surface area contributed by atoms with Gasteiger partial charge in [-0.3, -0.25) is 19.6 Å². The minimum atomic E-state index is -0.369. The van der Waals surface area contributed by atoms with Gasteiger partial charge in [0.25, 0.3) is 11.8 Å². The molecule has 6 aromatic carbocycles. The number of anilines is 1. The van der Waals surface area contributed by atoms with Crippen molar-refractivity contribution in [3.05, 3.63) is 193 Å². The number of fused-ring (bicyclic) bond motifs is 4. The highest BCUT2D eigenvalue weighted by Gasteiger charge is 2.41. The number of pyridine rings is 2. The number of rotatable bonds is 6. The van der Waals surface area contributed by atoms with Crippen molar-refractivity contribution < 1.29 is 9.59 Å². The first-order valence-electron chi connectivity index (χ1n) is 18.7.